The third kappa shape index (κ3) is 5.50. The Bertz CT molecular complexity index is 965. The summed E-state index contributed by atoms with van der Waals surface area (Å²) in [5, 5.41) is 2.26. The molecule has 5 heteroatoms. The van der Waals surface area contributed by atoms with Gasteiger partial charge in [-0.25, -0.2) is 0 Å². The van der Waals surface area contributed by atoms with E-state index in [0.29, 0.717) is 19.8 Å². The lowest BCUT2D eigenvalue weighted by molar-refractivity contribution is -0.179. The normalized spacial score (nSPS) is 13.3. The van der Waals surface area contributed by atoms with Crippen LogP contribution in [-0.4, -0.2) is 36.4 Å². The minimum Gasteiger partial charge on any atom is -0.351 e. The number of nitrogens with two attached hydrogens (primary N) is 1. The van der Waals surface area contributed by atoms with Gasteiger partial charge in [0.25, 0.3) is 0 Å². The molecular formula is C26H32N2O3. The zero-order valence-corrected chi connectivity index (χ0v) is 18.5. The second-order valence-electron chi connectivity index (χ2n) is 7.51. The number of hydrogen-bond acceptors (Lipinski definition) is 4. The molecule has 0 unspecified atom stereocenters. The van der Waals surface area contributed by atoms with E-state index < -0.39 is 12.3 Å². The van der Waals surface area contributed by atoms with E-state index in [9.17, 15) is 4.79 Å². The first-order valence-electron chi connectivity index (χ1n) is 10.9. The predicted octanol–water partition coefficient (Wildman–Crippen LogP) is 4.66. The molecule has 1 amide bonds. The first kappa shape index (κ1) is 22.9. The van der Waals surface area contributed by atoms with Crippen molar-refractivity contribution in [2.24, 2.45) is 5.73 Å². The monoisotopic (exact) mass is 420 g/mol. The molecule has 3 rings (SSSR count). The van der Waals surface area contributed by atoms with E-state index in [4.69, 9.17) is 15.2 Å². The number of hydrogen-bond donors (Lipinski definition) is 1. The van der Waals surface area contributed by atoms with Gasteiger partial charge in [0, 0.05) is 19.8 Å². The van der Waals surface area contributed by atoms with Gasteiger partial charge in [-0.2, -0.15) is 0 Å². The maximum Gasteiger partial charge on any atom is 0.244 e. The molecule has 0 fully saturated rings. The quantitative estimate of drug-likeness (QED) is 0.485. The summed E-state index contributed by atoms with van der Waals surface area (Å²) in [6.45, 7) is 7.21. The molecule has 3 aromatic carbocycles. The van der Waals surface area contributed by atoms with Crippen molar-refractivity contribution in [1.82, 2.24) is 4.90 Å². The van der Waals surface area contributed by atoms with Gasteiger partial charge >= 0.3 is 0 Å². The molecule has 0 bridgehead atoms. The van der Waals surface area contributed by atoms with E-state index in [1.807, 2.05) is 69.3 Å². The Hall–Kier alpha value is -2.73. The highest BCUT2D eigenvalue weighted by Crippen LogP contribution is 2.24. The van der Waals surface area contributed by atoms with Gasteiger partial charge in [0.05, 0.1) is 6.04 Å². The van der Waals surface area contributed by atoms with E-state index in [-0.39, 0.29) is 11.9 Å². The van der Waals surface area contributed by atoms with E-state index in [0.717, 1.165) is 21.9 Å². The maximum absolute atomic E-state index is 13.6. The molecule has 0 aliphatic heterocycles. The molecule has 0 aliphatic carbocycles. The Labute approximate surface area is 184 Å². The molecule has 0 saturated carbocycles. The Morgan fingerprint density at radius 2 is 1.52 bits per heavy atom. The lowest BCUT2D eigenvalue weighted by Gasteiger charge is -2.36. The topological polar surface area (TPSA) is 64.8 Å². The molecule has 0 aliphatic rings. The van der Waals surface area contributed by atoms with E-state index in [2.05, 4.69) is 24.3 Å². The van der Waals surface area contributed by atoms with Crippen molar-refractivity contribution in [3.05, 3.63) is 83.9 Å². The molecule has 0 aromatic heterocycles. The highest BCUT2D eigenvalue weighted by molar-refractivity contribution is 5.87. The van der Waals surface area contributed by atoms with Crippen LogP contribution >= 0.6 is 0 Å². The van der Waals surface area contributed by atoms with Crippen LogP contribution in [0.25, 0.3) is 10.8 Å². The van der Waals surface area contributed by atoms with Crippen LogP contribution < -0.4 is 5.73 Å². The Morgan fingerprint density at radius 3 is 2.19 bits per heavy atom. The van der Waals surface area contributed by atoms with Crippen molar-refractivity contribution in [3.8, 4) is 0 Å². The maximum atomic E-state index is 13.6. The second-order valence-corrected chi connectivity index (χ2v) is 7.51. The molecule has 0 saturated heterocycles. The van der Waals surface area contributed by atoms with Gasteiger partial charge in [0.15, 0.2) is 6.29 Å². The van der Waals surface area contributed by atoms with Crippen LogP contribution in [-0.2, 0) is 20.8 Å². The van der Waals surface area contributed by atoms with Crippen molar-refractivity contribution < 1.29 is 14.3 Å². The van der Waals surface area contributed by atoms with Gasteiger partial charge in [-0.15, -0.1) is 0 Å². The van der Waals surface area contributed by atoms with Crippen molar-refractivity contribution >= 4 is 16.7 Å². The average Bonchev–Trinajstić information content (AvgIpc) is 2.81. The number of benzene rings is 3. The molecule has 3 aromatic rings. The number of carbonyl (C=O) groups excluding carboxylic acids is 1. The SMILES string of the molecule is CCOC(OCC)[C@H](C)N(Cc1cccc2ccccc12)C(=O)[C@@H](N)c1ccccc1. The number of ether oxygens (including phenoxy) is 2. The summed E-state index contributed by atoms with van der Waals surface area (Å²) in [6, 6.07) is 22.7. The highest BCUT2D eigenvalue weighted by atomic mass is 16.7. The summed E-state index contributed by atoms with van der Waals surface area (Å²) in [5.41, 5.74) is 8.26. The largest absolute Gasteiger partial charge is 0.351 e. The summed E-state index contributed by atoms with van der Waals surface area (Å²) in [4.78, 5) is 15.4. The minimum absolute atomic E-state index is 0.156. The summed E-state index contributed by atoms with van der Waals surface area (Å²) in [5.74, 6) is -0.156. The highest BCUT2D eigenvalue weighted by Gasteiger charge is 2.32. The van der Waals surface area contributed by atoms with Crippen molar-refractivity contribution in [2.75, 3.05) is 13.2 Å². The van der Waals surface area contributed by atoms with Crippen molar-refractivity contribution in [1.29, 1.82) is 0 Å². The van der Waals surface area contributed by atoms with Gasteiger partial charge in [0.2, 0.25) is 5.91 Å². The molecule has 31 heavy (non-hydrogen) atoms. The third-order valence-corrected chi connectivity index (χ3v) is 5.48. The van der Waals surface area contributed by atoms with Crippen molar-refractivity contribution in [3.63, 3.8) is 0 Å². The van der Waals surface area contributed by atoms with Gasteiger partial charge in [-0.1, -0.05) is 72.8 Å². The van der Waals surface area contributed by atoms with E-state index in [1.54, 1.807) is 4.90 Å². The van der Waals surface area contributed by atoms with Gasteiger partial charge in [0.1, 0.15) is 6.04 Å². The first-order chi connectivity index (χ1) is 15.1. The van der Waals surface area contributed by atoms with Crippen LogP contribution in [0.1, 0.15) is 37.9 Å². The van der Waals surface area contributed by atoms with Crippen LogP contribution in [0.15, 0.2) is 72.8 Å². The van der Waals surface area contributed by atoms with Gasteiger partial charge < -0.3 is 20.1 Å². The summed E-state index contributed by atoms with van der Waals surface area (Å²) >= 11 is 0. The van der Waals surface area contributed by atoms with Crippen molar-refractivity contribution in [2.45, 2.75) is 45.7 Å². The molecule has 0 radical (unpaired) electrons. The molecule has 5 nitrogen and oxygen atoms in total. The van der Waals surface area contributed by atoms with Crippen LogP contribution in [0.4, 0.5) is 0 Å². The molecule has 2 N–H and O–H groups in total. The van der Waals surface area contributed by atoms with E-state index >= 15 is 0 Å². The smallest absolute Gasteiger partial charge is 0.244 e. The fraction of sp³-hybridized carbons (Fsp3) is 0.346. The standard InChI is InChI=1S/C26H32N2O3/c1-4-30-26(31-5-2)19(3)28(25(29)24(27)21-13-7-6-8-14-21)18-22-16-11-15-20-12-9-10-17-23(20)22/h6-17,19,24,26H,4-5,18,27H2,1-3H3/t19-,24-/m0/s1. The Balaban J connectivity index is 1.97. The lowest BCUT2D eigenvalue weighted by Crippen LogP contribution is -2.49. The van der Waals surface area contributed by atoms with Crippen LogP contribution in [0.2, 0.25) is 0 Å². The minimum atomic E-state index is -0.762. The Morgan fingerprint density at radius 1 is 0.903 bits per heavy atom. The molecular weight excluding hydrogens is 388 g/mol. The van der Waals surface area contributed by atoms with Crippen LogP contribution in [0, 0.1) is 0 Å². The zero-order valence-electron chi connectivity index (χ0n) is 18.5. The number of carbonyl (C=O) groups is 1. The predicted molar refractivity (Wildman–Crippen MR) is 124 cm³/mol. The second kappa shape index (κ2) is 11.0. The number of fused-ring (bicyclic) bond motifs is 1. The van der Waals surface area contributed by atoms with Gasteiger partial charge in [-0.05, 0) is 42.7 Å². The fourth-order valence-corrected chi connectivity index (χ4v) is 3.82. The average molecular weight is 421 g/mol. The molecule has 2 atom stereocenters. The zero-order chi connectivity index (χ0) is 22.2. The van der Waals surface area contributed by atoms with Gasteiger partial charge in [-0.3, -0.25) is 4.79 Å². The van der Waals surface area contributed by atoms with Crippen LogP contribution in [0.3, 0.4) is 0 Å². The fourth-order valence-electron chi connectivity index (χ4n) is 3.82. The molecule has 0 spiro atoms. The third-order valence-electron chi connectivity index (χ3n) is 5.48. The first-order valence-corrected chi connectivity index (χ1v) is 10.9. The summed E-state index contributed by atoms with van der Waals surface area (Å²) in [7, 11) is 0. The number of amides is 1. The molecule has 164 valence electrons. The summed E-state index contributed by atoms with van der Waals surface area (Å²) < 4.78 is 11.7. The number of nitrogens with zero attached hydrogens (tertiary/aromatic N) is 1. The Kier molecular flexibility index (Phi) is 8.18. The van der Waals surface area contributed by atoms with E-state index in [1.165, 1.54) is 0 Å². The molecule has 0 heterocycles. The summed E-state index contributed by atoms with van der Waals surface area (Å²) in [6.07, 6.45) is -0.531. The number of rotatable bonds is 10. The van der Waals surface area contributed by atoms with Crippen LogP contribution in [0.5, 0.6) is 0 Å². The lowest BCUT2D eigenvalue weighted by atomic mass is 10.0.